The van der Waals surface area contributed by atoms with Gasteiger partial charge in [0.15, 0.2) is 0 Å². The molecule has 3 heteroatoms. The van der Waals surface area contributed by atoms with Crippen LogP contribution in [0.5, 0.6) is 0 Å². The van der Waals surface area contributed by atoms with E-state index in [1.54, 1.807) is 6.92 Å². The first-order valence-corrected chi connectivity index (χ1v) is 6.84. The average molecular weight is 240 g/mol. The van der Waals surface area contributed by atoms with Crippen molar-refractivity contribution in [1.82, 2.24) is 0 Å². The van der Waals surface area contributed by atoms with Gasteiger partial charge in [-0.15, -0.1) is 0 Å². The summed E-state index contributed by atoms with van der Waals surface area (Å²) >= 11 is 0. The molecule has 1 unspecified atom stereocenters. The molecule has 1 aliphatic carbocycles. The fraction of sp³-hybridized carbons (Fsp3) is 0.857. The van der Waals surface area contributed by atoms with Crippen LogP contribution in [0.4, 0.5) is 0 Å². The molecule has 0 aromatic carbocycles. The summed E-state index contributed by atoms with van der Waals surface area (Å²) in [6.45, 7) is 3.88. The normalized spacial score (nSPS) is 19.9. The predicted octanol–water partition coefficient (Wildman–Crippen LogP) is 3.26. The maximum absolute atomic E-state index is 11.6. The van der Waals surface area contributed by atoms with Gasteiger partial charge in [-0.25, -0.2) is 0 Å². The maximum atomic E-state index is 11.6. The van der Waals surface area contributed by atoms with Crippen molar-refractivity contribution in [3.8, 4) is 0 Å². The molecule has 1 atom stereocenters. The zero-order chi connectivity index (χ0) is 12.7. The highest BCUT2D eigenvalue weighted by Gasteiger charge is 2.42. The third-order valence-corrected chi connectivity index (χ3v) is 3.81. The summed E-state index contributed by atoms with van der Waals surface area (Å²) in [7, 11) is 0. The molecule has 1 rings (SSSR count). The number of esters is 1. The van der Waals surface area contributed by atoms with Crippen LogP contribution in [0.2, 0.25) is 0 Å². The Morgan fingerprint density at radius 3 is 2.47 bits per heavy atom. The Morgan fingerprint density at radius 1 is 1.35 bits per heavy atom. The summed E-state index contributed by atoms with van der Waals surface area (Å²) in [5.41, 5.74) is -0.514. The van der Waals surface area contributed by atoms with Crippen molar-refractivity contribution < 1.29 is 14.3 Å². The number of carbonyl (C=O) groups is 2. The van der Waals surface area contributed by atoms with E-state index in [0.29, 0.717) is 18.8 Å². The molecule has 0 spiro atoms. The topological polar surface area (TPSA) is 43.4 Å². The standard InChI is InChI=1S/C14H24O3/c1-3-9-14(10-11-15,17-13(16)4-2)12-7-5-6-8-12/h11-12H,3-10H2,1-2H3. The lowest BCUT2D eigenvalue weighted by Gasteiger charge is -2.37. The monoisotopic (exact) mass is 240 g/mol. The molecule has 0 saturated heterocycles. The van der Waals surface area contributed by atoms with Gasteiger partial charge < -0.3 is 9.53 Å². The highest BCUT2D eigenvalue weighted by atomic mass is 16.6. The van der Waals surface area contributed by atoms with E-state index in [2.05, 4.69) is 6.92 Å². The molecule has 0 bridgehead atoms. The van der Waals surface area contributed by atoms with Crippen molar-refractivity contribution in [2.45, 2.75) is 70.8 Å². The van der Waals surface area contributed by atoms with Gasteiger partial charge in [0.1, 0.15) is 11.9 Å². The molecule has 0 N–H and O–H groups in total. The third-order valence-electron chi connectivity index (χ3n) is 3.81. The van der Waals surface area contributed by atoms with Crippen molar-refractivity contribution in [2.24, 2.45) is 5.92 Å². The van der Waals surface area contributed by atoms with E-state index in [9.17, 15) is 9.59 Å². The van der Waals surface area contributed by atoms with Gasteiger partial charge in [0.05, 0.1) is 0 Å². The Labute approximate surface area is 104 Å². The summed E-state index contributed by atoms with van der Waals surface area (Å²) in [4.78, 5) is 22.5. The van der Waals surface area contributed by atoms with Gasteiger partial charge in [-0.1, -0.05) is 33.1 Å². The van der Waals surface area contributed by atoms with Crippen LogP contribution >= 0.6 is 0 Å². The summed E-state index contributed by atoms with van der Waals surface area (Å²) in [5, 5.41) is 0. The molecule has 1 fully saturated rings. The summed E-state index contributed by atoms with van der Waals surface area (Å²) in [5.74, 6) is 0.204. The lowest BCUT2D eigenvalue weighted by Crippen LogP contribution is -2.42. The number of carbonyl (C=O) groups excluding carboxylic acids is 2. The summed E-state index contributed by atoms with van der Waals surface area (Å²) < 4.78 is 5.68. The molecule has 0 amide bonds. The second-order valence-electron chi connectivity index (χ2n) is 4.99. The van der Waals surface area contributed by atoms with Crippen LogP contribution in [0.25, 0.3) is 0 Å². The maximum Gasteiger partial charge on any atom is 0.306 e. The van der Waals surface area contributed by atoms with Crippen molar-refractivity contribution in [1.29, 1.82) is 0 Å². The first-order valence-electron chi connectivity index (χ1n) is 6.84. The molecule has 0 aromatic heterocycles. The molecule has 0 aromatic rings. The SMILES string of the molecule is CCCC(CC=O)(OC(=O)CC)C1CCCC1. The van der Waals surface area contributed by atoms with Crippen LogP contribution in [0.3, 0.4) is 0 Å². The van der Waals surface area contributed by atoms with E-state index in [1.165, 1.54) is 12.8 Å². The molecule has 0 radical (unpaired) electrons. The van der Waals surface area contributed by atoms with Crippen molar-refractivity contribution in [3.05, 3.63) is 0 Å². The van der Waals surface area contributed by atoms with Crippen LogP contribution in [0, 0.1) is 5.92 Å². The van der Waals surface area contributed by atoms with Crippen LogP contribution in [-0.4, -0.2) is 17.9 Å². The minimum Gasteiger partial charge on any atom is -0.458 e. The molecular weight excluding hydrogens is 216 g/mol. The molecule has 0 aliphatic heterocycles. The fourth-order valence-electron chi connectivity index (χ4n) is 2.96. The number of hydrogen-bond donors (Lipinski definition) is 0. The van der Waals surface area contributed by atoms with Gasteiger partial charge in [0.2, 0.25) is 0 Å². The third kappa shape index (κ3) is 3.55. The minimum absolute atomic E-state index is 0.174. The molecule has 1 saturated carbocycles. The zero-order valence-electron chi connectivity index (χ0n) is 11.0. The predicted molar refractivity (Wildman–Crippen MR) is 66.7 cm³/mol. The van der Waals surface area contributed by atoms with Crippen molar-refractivity contribution >= 4 is 12.3 Å². The van der Waals surface area contributed by atoms with E-state index >= 15 is 0 Å². The Hall–Kier alpha value is -0.860. The lowest BCUT2D eigenvalue weighted by atomic mass is 9.80. The zero-order valence-corrected chi connectivity index (χ0v) is 11.0. The van der Waals surface area contributed by atoms with Gasteiger partial charge >= 0.3 is 5.97 Å². The number of hydrogen-bond acceptors (Lipinski definition) is 3. The first-order chi connectivity index (χ1) is 8.18. The quantitative estimate of drug-likeness (QED) is 0.507. The lowest BCUT2D eigenvalue weighted by molar-refractivity contribution is -0.168. The summed E-state index contributed by atoms with van der Waals surface area (Å²) in [6.07, 6.45) is 7.97. The molecular formula is C14H24O3. The van der Waals surface area contributed by atoms with Crippen LogP contribution < -0.4 is 0 Å². The second-order valence-corrected chi connectivity index (χ2v) is 4.99. The largest absolute Gasteiger partial charge is 0.458 e. The average Bonchev–Trinajstić information content (AvgIpc) is 2.83. The highest BCUT2D eigenvalue weighted by molar-refractivity contribution is 5.70. The van der Waals surface area contributed by atoms with Crippen LogP contribution in [0.15, 0.2) is 0 Å². The van der Waals surface area contributed by atoms with E-state index in [0.717, 1.165) is 32.0 Å². The van der Waals surface area contributed by atoms with Crippen molar-refractivity contribution in [3.63, 3.8) is 0 Å². The van der Waals surface area contributed by atoms with E-state index in [-0.39, 0.29) is 5.97 Å². The number of aldehydes is 1. The Kier molecular flexibility index (Phi) is 5.66. The second kappa shape index (κ2) is 6.77. The van der Waals surface area contributed by atoms with Gasteiger partial charge in [-0.05, 0) is 25.2 Å². The Balaban J connectivity index is 2.84. The molecule has 3 nitrogen and oxygen atoms in total. The van der Waals surface area contributed by atoms with E-state index in [4.69, 9.17) is 4.74 Å². The first kappa shape index (κ1) is 14.2. The van der Waals surface area contributed by atoms with Gasteiger partial charge in [-0.2, -0.15) is 0 Å². The molecule has 98 valence electrons. The molecule has 1 aliphatic rings. The van der Waals surface area contributed by atoms with E-state index < -0.39 is 5.60 Å². The Bertz CT molecular complexity index is 256. The van der Waals surface area contributed by atoms with E-state index in [1.807, 2.05) is 0 Å². The van der Waals surface area contributed by atoms with Gasteiger partial charge in [0, 0.05) is 12.8 Å². The molecule has 17 heavy (non-hydrogen) atoms. The minimum atomic E-state index is -0.514. The molecule has 0 heterocycles. The smallest absolute Gasteiger partial charge is 0.306 e. The Morgan fingerprint density at radius 2 is 2.00 bits per heavy atom. The number of rotatable bonds is 7. The van der Waals surface area contributed by atoms with Gasteiger partial charge in [-0.3, -0.25) is 4.79 Å². The van der Waals surface area contributed by atoms with Crippen LogP contribution in [0.1, 0.15) is 65.2 Å². The fourth-order valence-corrected chi connectivity index (χ4v) is 2.96. The summed E-state index contributed by atoms with van der Waals surface area (Å²) in [6, 6.07) is 0. The highest BCUT2D eigenvalue weighted by Crippen LogP contribution is 2.41. The van der Waals surface area contributed by atoms with Gasteiger partial charge in [0.25, 0.3) is 0 Å². The van der Waals surface area contributed by atoms with Crippen LogP contribution in [-0.2, 0) is 14.3 Å². The van der Waals surface area contributed by atoms with Crippen molar-refractivity contribution in [2.75, 3.05) is 0 Å². The number of ether oxygens (including phenoxy) is 1.